The molecule has 0 saturated heterocycles. The van der Waals surface area contributed by atoms with Crippen LogP contribution < -0.4 is 9.64 Å². The van der Waals surface area contributed by atoms with E-state index in [0.29, 0.717) is 17.4 Å². The van der Waals surface area contributed by atoms with Crippen LogP contribution in [0.4, 0.5) is 42.1 Å². The molecule has 0 N–H and O–H groups in total. The van der Waals surface area contributed by atoms with Gasteiger partial charge in [-0.05, 0) is 49.7 Å². The summed E-state index contributed by atoms with van der Waals surface area (Å²) in [6.07, 6.45) is -5.47. The van der Waals surface area contributed by atoms with Crippen molar-refractivity contribution in [2.24, 2.45) is 5.92 Å². The summed E-state index contributed by atoms with van der Waals surface area (Å²) < 4.78 is 101. The number of thioether (sulfide) groups is 1. The maximum atomic E-state index is 15.1. The standard InChI is InChI=1S/C21H20F7NOS/c1-20(24,25)8-7-12-11-29(14-5-3-13(22)4-6-14)16-9-15(21(26,27)28)17(30-2)10-18(16)31-19(12)23/h3-6,9-10,12,19H,7-8,11H2,1-2H3/t12-,19-/m1/s1. The number of hydrogen-bond donors (Lipinski definition) is 0. The van der Waals surface area contributed by atoms with Crippen LogP contribution in [0.2, 0.25) is 0 Å². The van der Waals surface area contributed by atoms with Gasteiger partial charge in [-0.3, -0.25) is 0 Å². The molecule has 1 aliphatic heterocycles. The Morgan fingerprint density at radius 3 is 2.29 bits per heavy atom. The molecule has 31 heavy (non-hydrogen) atoms. The first-order valence-corrected chi connectivity index (χ1v) is 10.3. The lowest BCUT2D eigenvalue weighted by atomic mass is 10.00. The zero-order valence-electron chi connectivity index (χ0n) is 16.6. The number of ether oxygens (including phenoxy) is 1. The molecule has 2 aromatic rings. The maximum Gasteiger partial charge on any atom is 0.420 e. The Balaban J connectivity index is 2.11. The summed E-state index contributed by atoms with van der Waals surface area (Å²) >= 11 is 0.667. The van der Waals surface area contributed by atoms with Crippen LogP contribution in [-0.2, 0) is 6.18 Å². The minimum atomic E-state index is -4.73. The number of alkyl halides is 6. The summed E-state index contributed by atoms with van der Waals surface area (Å²) in [5, 5.41) is 0. The van der Waals surface area contributed by atoms with Gasteiger partial charge in [-0.1, -0.05) is 11.8 Å². The van der Waals surface area contributed by atoms with E-state index in [9.17, 15) is 26.3 Å². The van der Waals surface area contributed by atoms with Crippen LogP contribution in [0.15, 0.2) is 41.3 Å². The minimum Gasteiger partial charge on any atom is -0.496 e. The molecule has 0 aliphatic carbocycles. The molecule has 0 saturated carbocycles. The lowest BCUT2D eigenvalue weighted by Crippen LogP contribution is -2.29. The van der Waals surface area contributed by atoms with E-state index in [-0.39, 0.29) is 23.5 Å². The first-order valence-electron chi connectivity index (χ1n) is 9.40. The van der Waals surface area contributed by atoms with Crippen LogP contribution in [0.25, 0.3) is 0 Å². The molecule has 0 aromatic heterocycles. The fraction of sp³-hybridized carbons (Fsp3) is 0.429. The van der Waals surface area contributed by atoms with Gasteiger partial charge in [0.25, 0.3) is 0 Å². The molecule has 0 fully saturated rings. The summed E-state index contributed by atoms with van der Waals surface area (Å²) in [4.78, 5) is 1.58. The fourth-order valence-electron chi connectivity index (χ4n) is 3.41. The van der Waals surface area contributed by atoms with Gasteiger partial charge in [0.15, 0.2) is 5.50 Å². The third-order valence-electron chi connectivity index (χ3n) is 5.00. The molecule has 0 radical (unpaired) electrons. The van der Waals surface area contributed by atoms with E-state index in [0.717, 1.165) is 38.3 Å². The number of benzene rings is 2. The highest BCUT2D eigenvalue weighted by molar-refractivity contribution is 8.00. The molecule has 2 aromatic carbocycles. The summed E-state index contributed by atoms with van der Waals surface area (Å²) in [6.45, 7) is 0.587. The van der Waals surface area contributed by atoms with E-state index in [2.05, 4.69) is 0 Å². The highest BCUT2D eigenvalue weighted by Gasteiger charge is 2.39. The van der Waals surface area contributed by atoms with E-state index in [4.69, 9.17) is 4.74 Å². The number of halogens is 7. The molecule has 0 unspecified atom stereocenters. The predicted octanol–water partition coefficient (Wildman–Crippen LogP) is 7.44. The fourth-order valence-corrected chi connectivity index (χ4v) is 4.53. The maximum absolute atomic E-state index is 15.1. The van der Waals surface area contributed by atoms with E-state index < -0.39 is 47.1 Å². The minimum absolute atomic E-state index is 0.0538. The summed E-state index contributed by atoms with van der Waals surface area (Å²) in [6, 6.07) is 6.92. The molecule has 0 bridgehead atoms. The summed E-state index contributed by atoms with van der Waals surface area (Å²) in [5.74, 6) is -4.92. The van der Waals surface area contributed by atoms with E-state index in [1.165, 1.54) is 17.0 Å². The van der Waals surface area contributed by atoms with Crippen molar-refractivity contribution in [1.29, 1.82) is 0 Å². The van der Waals surface area contributed by atoms with E-state index >= 15 is 4.39 Å². The molecule has 1 aliphatic rings. The van der Waals surface area contributed by atoms with Gasteiger partial charge in [0, 0.05) is 29.5 Å². The second-order valence-corrected chi connectivity index (χ2v) is 8.57. The van der Waals surface area contributed by atoms with Crippen LogP contribution in [-0.4, -0.2) is 25.1 Å². The Labute approximate surface area is 179 Å². The lowest BCUT2D eigenvalue weighted by Gasteiger charge is -2.29. The van der Waals surface area contributed by atoms with Crippen LogP contribution in [0.1, 0.15) is 25.3 Å². The Bertz CT molecular complexity index is 912. The lowest BCUT2D eigenvalue weighted by molar-refractivity contribution is -0.138. The van der Waals surface area contributed by atoms with Crippen molar-refractivity contribution in [2.45, 2.75) is 42.3 Å². The van der Waals surface area contributed by atoms with Crippen molar-refractivity contribution >= 4 is 23.1 Å². The Morgan fingerprint density at radius 1 is 1.10 bits per heavy atom. The van der Waals surface area contributed by atoms with Gasteiger partial charge >= 0.3 is 6.18 Å². The molecule has 2 nitrogen and oxygen atoms in total. The largest absolute Gasteiger partial charge is 0.496 e. The second kappa shape index (κ2) is 8.80. The van der Waals surface area contributed by atoms with Gasteiger partial charge in [0.2, 0.25) is 5.92 Å². The number of rotatable bonds is 5. The zero-order chi connectivity index (χ0) is 23.0. The second-order valence-electron chi connectivity index (χ2n) is 7.44. The van der Waals surface area contributed by atoms with Crippen molar-refractivity contribution in [3.8, 4) is 5.75 Å². The Hall–Kier alpha value is -2.10. The van der Waals surface area contributed by atoms with Crippen LogP contribution in [0.5, 0.6) is 5.75 Å². The van der Waals surface area contributed by atoms with Crippen molar-refractivity contribution in [3.05, 3.63) is 47.8 Å². The number of nitrogens with zero attached hydrogens (tertiary/aromatic N) is 1. The van der Waals surface area contributed by atoms with Gasteiger partial charge in [0.05, 0.1) is 18.4 Å². The SMILES string of the molecule is COc1cc2c(cc1C(F)(F)F)N(c1ccc(F)cc1)C[C@@H](CCC(C)(F)F)[C@H](F)S2. The molecular formula is C21H20F7NOS. The molecule has 0 spiro atoms. The summed E-state index contributed by atoms with van der Waals surface area (Å²) in [7, 11) is 1.08. The smallest absolute Gasteiger partial charge is 0.420 e. The number of hydrogen-bond acceptors (Lipinski definition) is 3. The van der Waals surface area contributed by atoms with Crippen molar-refractivity contribution in [3.63, 3.8) is 0 Å². The van der Waals surface area contributed by atoms with E-state index in [1.807, 2.05) is 0 Å². The van der Waals surface area contributed by atoms with Crippen LogP contribution in [0.3, 0.4) is 0 Å². The number of anilines is 2. The Kier molecular flexibility index (Phi) is 6.69. The number of fused-ring (bicyclic) bond motifs is 1. The van der Waals surface area contributed by atoms with E-state index in [1.54, 1.807) is 0 Å². The van der Waals surface area contributed by atoms with Crippen molar-refractivity contribution in [1.82, 2.24) is 0 Å². The highest BCUT2D eigenvalue weighted by atomic mass is 32.2. The van der Waals surface area contributed by atoms with Gasteiger partial charge in [-0.15, -0.1) is 0 Å². The van der Waals surface area contributed by atoms with Gasteiger partial charge < -0.3 is 9.64 Å². The predicted molar refractivity (Wildman–Crippen MR) is 106 cm³/mol. The van der Waals surface area contributed by atoms with Gasteiger partial charge in [-0.2, -0.15) is 13.2 Å². The summed E-state index contributed by atoms with van der Waals surface area (Å²) in [5.41, 5.74) is -2.30. The zero-order valence-corrected chi connectivity index (χ0v) is 17.5. The van der Waals surface area contributed by atoms with Gasteiger partial charge in [0.1, 0.15) is 11.6 Å². The topological polar surface area (TPSA) is 12.5 Å². The Morgan fingerprint density at radius 2 is 1.74 bits per heavy atom. The highest BCUT2D eigenvalue weighted by Crippen LogP contribution is 2.49. The van der Waals surface area contributed by atoms with Crippen LogP contribution in [0, 0.1) is 11.7 Å². The third-order valence-corrected chi connectivity index (χ3v) is 6.19. The molecule has 1 heterocycles. The molecular weight excluding hydrogens is 447 g/mol. The molecule has 170 valence electrons. The first kappa shape index (κ1) is 23.6. The first-order chi connectivity index (χ1) is 14.4. The molecule has 2 atom stereocenters. The number of methoxy groups -OCH3 is 1. The van der Waals surface area contributed by atoms with Gasteiger partial charge in [-0.25, -0.2) is 17.6 Å². The van der Waals surface area contributed by atoms with Crippen molar-refractivity contribution < 1.29 is 35.5 Å². The monoisotopic (exact) mass is 467 g/mol. The van der Waals surface area contributed by atoms with Crippen LogP contribution >= 0.6 is 11.8 Å². The average Bonchev–Trinajstić information content (AvgIpc) is 2.80. The third kappa shape index (κ3) is 5.58. The average molecular weight is 467 g/mol. The van der Waals surface area contributed by atoms with Crippen molar-refractivity contribution in [2.75, 3.05) is 18.6 Å². The normalized spacial score (nSPS) is 19.7. The molecule has 0 amide bonds. The molecule has 3 rings (SSSR count). The molecule has 10 heteroatoms. The quantitative estimate of drug-likeness (QED) is 0.424.